The molecule has 1 aliphatic heterocycles. The first-order valence-corrected chi connectivity index (χ1v) is 10.1. The Balaban J connectivity index is 1.59. The lowest BCUT2D eigenvalue weighted by molar-refractivity contribution is 0.0679. The van der Waals surface area contributed by atoms with Gasteiger partial charge in [0.25, 0.3) is 11.8 Å². The van der Waals surface area contributed by atoms with Crippen LogP contribution in [0.15, 0.2) is 48.7 Å². The Hall–Kier alpha value is -3.15. The summed E-state index contributed by atoms with van der Waals surface area (Å²) in [5.41, 5.74) is 3.20. The highest BCUT2D eigenvalue weighted by Crippen LogP contribution is 2.21. The number of carbonyl (C=O) groups excluding carboxylic acids is 2. The molecule has 1 atom stereocenters. The Bertz CT molecular complexity index is 1040. The summed E-state index contributed by atoms with van der Waals surface area (Å²) >= 11 is 0. The summed E-state index contributed by atoms with van der Waals surface area (Å²) in [7, 11) is 0. The molecular formula is C23H26N4O2. The standard InChI is InChI=1S/C23H26N4O2/c1-16-8-10-18(11-9-16)14-24-22(28)21-25-20(19-7-3-4-13-27(19)21)23(29)26-12-5-6-17(2)15-26/h3-4,7-11,13,17H,5-6,12,14-15H2,1-2H3,(H,24,28). The molecule has 0 saturated carbocycles. The summed E-state index contributed by atoms with van der Waals surface area (Å²) in [6, 6.07) is 13.6. The first-order chi connectivity index (χ1) is 14.0. The minimum absolute atomic E-state index is 0.0992. The van der Waals surface area contributed by atoms with Gasteiger partial charge in [-0.2, -0.15) is 0 Å². The second kappa shape index (κ2) is 8.07. The van der Waals surface area contributed by atoms with Gasteiger partial charge < -0.3 is 10.2 Å². The van der Waals surface area contributed by atoms with E-state index in [1.807, 2.05) is 54.3 Å². The fraction of sp³-hybridized carbons (Fsp3) is 0.348. The zero-order valence-corrected chi connectivity index (χ0v) is 16.9. The number of fused-ring (bicyclic) bond motifs is 1. The van der Waals surface area contributed by atoms with E-state index >= 15 is 0 Å². The molecule has 2 aromatic heterocycles. The Kier molecular flexibility index (Phi) is 5.34. The fourth-order valence-corrected chi connectivity index (χ4v) is 3.85. The molecule has 0 spiro atoms. The van der Waals surface area contributed by atoms with E-state index < -0.39 is 0 Å². The highest BCUT2D eigenvalue weighted by Gasteiger charge is 2.27. The zero-order chi connectivity index (χ0) is 20.4. The molecule has 3 heterocycles. The quantitative estimate of drug-likeness (QED) is 0.742. The Morgan fingerprint density at radius 3 is 2.72 bits per heavy atom. The number of carbonyl (C=O) groups is 2. The second-order valence-corrected chi connectivity index (χ2v) is 7.91. The van der Waals surface area contributed by atoms with Gasteiger partial charge in [-0.1, -0.05) is 42.8 Å². The van der Waals surface area contributed by atoms with Crippen molar-refractivity contribution in [1.82, 2.24) is 19.6 Å². The highest BCUT2D eigenvalue weighted by atomic mass is 16.2. The van der Waals surface area contributed by atoms with Crippen molar-refractivity contribution in [3.05, 3.63) is 71.3 Å². The van der Waals surface area contributed by atoms with Crippen LogP contribution in [0.1, 0.15) is 52.0 Å². The van der Waals surface area contributed by atoms with Crippen molar-refractivity contribution >= 4 is 17.3 Å². The van der Waals surface area contributed by atoms with Gasteiger partial charge in [0.05, 0.1) is 5.52 Å². The van der Waals surface area contributed by atoms with Crippen LogP contribution in [0.3, 0.4) is 0 Å². The van der Waals surface area contributed by atoms with Crippen LogP contribution in [0.2, 0.25) is 0 Å². The van der Waals surface area contributed by atoms with Crippen LogP contribution >= 0.6 is 0 Å². The van der Waals surface area contributed by atoms with Gasteiger partial charge >= 0.3 is 0 Å². The number of likely N-dealkylation sites (tertiary alicyclic amines) is 1. The average molecular weight is 390 g/mol. The van der Waals surface area contributed by atoms with Gasteiger partial charge in [-0.05, 0) is 43.4 Å². The monoisotopic (exact) mass is 390 g/mol. The van der Waals surface area contributed by atoms with Gasteiger partial charge in [0, 0.05) is 25.8 Å². The second-order valence-electron chi connectivity index (χ2n) is 7.91. The third kappa shape index (κ3) is 4.01. The van der Waals surface area contributed by atoms with Crippen molar-refractivity contribution in [2.45, 2.75) is 33.2 Å². The fourth-order valence-electron chi connectivity index (χ4n) is 3.85. The van der Waals surface area contributed by atoms with E-state index in [2.05, 4.69) is 17.2 Å². The molecule has 1 aromatic carbocycles. The maximum absolute atomic E-state index is 13.1. The Labute approximate surface area is 170 Å². The number of aryl methyl sites for hydroxylation is 1. The third-order valence-corrected chi connectivity index (χ3v) is 5.47. The molecular weight excluding hydrogens is 364 g/mol. The molecule has 1 fully saturated rings. The summed E-state index contributed by atoms with van der Waals surface area (Å²) in [6.45, 7) is 6.08. The van der Waals surface area contributed by atoms with Gasteiger partial charge in [0.1, 0.15) is 0 Å². The Morgan fingerprint density at radius 2 is 1.97 bits per heavy atom. The van der Waals surface area contributed by atoms with Crippen LogP contribution in [0.4, 0.5) is 0 Å². The van der Waals surface area contributed by atoms with Gasteiger partial charge in [0.15, 0.2) is 5.69 Å². The van der Waals surface area contributed by atoms with Crippen molar-refractivity contribution in [3.63, 3.8) is 0 Å². The molecule has 6 nitrogen and oxygen atoms in total. The number of benzene rings is 1. The average Bonchev–Trinajstić information content (AvgIpc) is 3.12. The van der Waals surface area contributed by atoms with Crippen LogP contribution in [0, 0.1) is 12.8 Å². The molecule has 3 aromatic rings. The van der Waals surface area contributed by atoms with E-state index in [1.165, 1.54) is 5.56 Å². The Morgan fingerprint density at radius 1 is 1.17 bits per heavy atom. The molecule has 0 radical (unpaired) electrons. The van der Waals surface area contributed by atoms with Crippen LogP contribution in [-0.4, -0.2) is 39.2 Å². The minimum atomic E-state index is -0.294. The van der Waals surface area contributed by atoms with E-state index in [9.17, 15) is 9.59 Å². The van der Waals surface area contributed by atoms with E-state index in [4.69, 9.17) is 0 Å². The molecule has 1 saturated heterocycles. The van der Waals surface area contributed by atoms with Gasteiger partial charge in [-0.15, -0.1) is 0 Å². The van der Waals surface area contributed by atoms with Crippen molar-refractivity contribution in [3.8, 4) is 0 Å². The summed E-state index contributed by atoms with van der Waals surface area (Å²) < 4.78 is 1.70. The maximum atomic E-state index is 13.1. The summed E-state index contributed by atoms with van der Waals surface area (Å²) in [5.74, 6) is 0.329. The normalized spacial score (nSPS) is 16.8. The summed E-state index contributed by atoms with van der Waals surface area (Å²) in [4.78, 5) is 32.3. The van der Waals surface area contributed by atoms with Crippen LogP contribution in [0.25, 0.3) is 5.52 Å². The lowest BCUT2D eigenvalue weighted by atomic mass is 10.00. The minimum Gasteiger partial charge on any atom is -0.345 e. The van der Waals surface area contributed by atoms with Crippen LogP contribution in [0.5, 0.6) is 0 Å². The first-order valence-electron chi connectivity index (χ1n) is 10.1. The van der Waals surface area contributed by atoms with Crippen molar-refractivity contribution in [2.75, 3.05) is 13.1 Å². The number of aromatic nitrogens is 2. The van der Waals surface area contributed by atoms with E-state index in [0.29, 0.717) is 23.7 Å². The SMILES string of the molecule is Cc1ccc(CNC(=O)c2nc(C(=O)N3CCCC(C)C3)c3ccccn23)cc1. The molecule has 1 N–H and O–H groups in total. The van der Waals surface area contributed by atoms with Gasteiger partial charge in [-0.25, -0.2) is 4.98 Å². The predicted octanol–water partition coefficient (Wildman–Crippen LogP) is 3.44. The smallest absolute Gasteiger partial charge is 0.287 e. The molecule has 2 amide bonds. The largest absolute Gasteiger partial charge is 0.345 e. The number of pyridine rings is 1. The first kappa shape index (κ1) is 19.2. The molecule has 150 valence electrons. The molecule has 0 bridgehead atoms. The molecule has 4 rings (SSSR count). The van der Waals surface area contributed by atoms with Crippen molar-refractivity contribution in [1.29, 1.82) is 0 Å². The summed E-state index contributed by atoms with van der Waals surface area (Å²) in [5, 5.41) is 2.92. The number of nitrogens with zero attached hydrogens (tertiary/aromatic N) is 3. The molecule has 6 heteroatoms. The summed E-state index contributed by atoms with van der Waals surface area (Å²) in [6.07, 6.45) is 3.92. The van der Waals surface area contributed by atoms with Crippen LogP contribution in [-0.2, 0) is 6.54 Å². The van der Waals surface area contributed by atoms with Gasteiger partial charge in [0.2, 0.25) is 5.82 Å². The maximum Gasteiger partial charge on any atom is 0.287 e. The topological polar surface area (TPSA) is 66.7 Å². The zero-order valence-electron chi connectivity index (χ0n) is 16.9. The number of rotatable bonds is 4. The highest BCUT2D eigenvalue weighted by molar-refractivity contribution is 6.02. The predicted molar refractivity (Wildman–Crippen MR) is 112 cm³/mol. The van der Waals surface area contributed by atoms with Crippen LogP contribution < -0.4 is 5.32 Å². The van der Waals surface area contributed by atoms with Crippen molar-refractivity contribution < 1.29 is 9.59 Å². The molecule has 29 heavy (non-hydrogen) atoms. The van der Waals surface area contributed by atoms with E-state index in [1.54, 1.807) is 10.6 Å². The molecule has 0 aliphatic carbocycles. The number of piperidine rings is 1. The lowest BCUT2D eigenvalue weighted by Crippen LogP contribution is -2.39. The van der Waals surface area contributed by atoms with E-state index in [0.717, 1.165) is 31.5 Å². The number of hydrogen-bond donors (Lipinski definition) is 1. The van der Waals surface area contributed by atoms with Gasteiger partial charge in [-0.3, -0.25) is 14.0 Å². The molecule has 1 unspecified atom stereocenters. The number of amides is 2. The number of nitrogens with one attached hydrogen (secondary N) is 1. The van der Waals surface area contributed by atoms with Crippen molar-refractivity contribution in [2.24, 2.45) is 5.92 Å². The third-order valence-electron chi connectivity index (χ3n) is 5.47. The molecule has 1 aliphatic rings. The number of imidazole rings is 1. The number of hydrogen-bond acceptors (Lipinski definition) is 3. The van der Waals surface area contributed by atoms with E-state index in [-0.39, 0.29) is 17.6 Å². The lowest BCUT2D eigenvalue weighted by Gasteiger charge is -2.30.